The van der Waals surface area contributed by atoms with Crippen molar-refractivity contribution in [1.29, 1.82) is 0 Å². The zero-order valence-electron chi connectivity index (χ0n) is 30.4. The maximum atomic E-state index is 14.9. The van der Waals surface area contributed by atoms with Crippen LogP contribution in [-0.2, 0) is 39.8 Å². The van der Waals surface area contributed by atoms with Crippen molar-refractivity contribution in [2.24, 2.45) is 11.8 Å². The molecule has 12 nitrogen and oxygen atoms in total. The molecule has 0 aromatic heterocycles. The summed E-state index contributed by atoms with van der Waals surface area (Å²) in [7, 11) is 0. The molecule has 4 saturated heterocycles. The van der Waals surface area contributed by atoms with Gasteiger partial charge >= 0.3 is 5.97 Å². The number of amides is 3. The van der Waals surface area contributed by atoms with Gasteiger partial charge in [0.05, 0.1) is 50.3 Å². The fraction of sp³-hybridized carbons (Fsp3) is 0.512. The van der Waals surface area contributed by atoms with Crippen molar-refractivity contribution in [3.63, 3.8) is 0 Å². The Bertz CT molecular complexity index is 1600. The number of ether oxygens (including phenoxy) is 3. The number of aliphatic hydroxyl groups excluding tert-OH is 1. The predicted octanol–water partition coefficient (Wildman–Crippen LogP) is 2.68. The fourth-order valence-electron chi connectivity index (χ4n) is 8.52. The second-order valence-corrected chi connectivity index (χ2v) is 14.3. The number of benzene rings is 2. The zero-order chi connectivity index (χ0) is 37.4. The lowest BCUT2D eigenvalue weighted by atomic mass is 9.70. The van der Waals surface area contributed by atoms with Gasteiger partial charge in [0.25, 0.3) is 0 Å². The molecule has 0 radical (unpaired) electrons. The smallest absolute Gasteiger partial charge is 0.313 e. The summed E-state index contributed by atoms with van der Waals surface area (Å²) in [6.07, 6.45) is 3.85. The van der Waals surface area contributed by atoms with Gasteiger partial charge in [0.15, 0.2) is 0 Å². The first-order valence-electron chi connectivity index (χ1n) is 18.8. The van der Waals surface area contributed by atoms with E-state index in [0.29, 0.717) is 57.6 Å². The Labute approximate surface area is 311 Å². The lowest BCUT2D eigenvalue weighted by molar-refractivity contribution is -0.161. The molecule has 2 bridgehead atoms. The highest BCUT2D eigenvalue weighted by atomic mass is 16.6. The highest BCUT2D eigenvalue weighted by Gasteiger charge is 2.75. The highest BCUT2D eigenvalue weighted by molar-refractivity contribution is 5.98. The van der Waals surface area contributed by atoms with E-state index in [1.165, 1.54) is 4.90 Å². The van der Waals surface area contributed by atoms with E-state index in [-0.39, 0.29) is 37.9 Å². The second-order valence-electron chi connectivity index (χ2n) is 14.3. The van der Waals surface area contributed by atoms with Gasteiger partial charge in [-0.05, 0) is 36.8 Å². The maximum absolute atomic E-state index is 14.9. The van der Waals surface area contributed by atoms with Crippen LogP contribution in [0.25, 0.3) is 0 Å². The normalized spacial score (nSPS) is 26.1. The summed E-state index contributed by atoms with van der Waals surface area (Å²) >= 11 is 0. The molecule has 1 spiro atoms. The summed E-state index contributed by atoms with van der Waals surface area (Å²) < 4.78 is 18.4. The van der Waals surface area contributed by atoms with Gasteiger partial charge in [0.2, 0.25) is 17.7 Å². The lowest BCUT2D eigenvalue weighted by Gasteiger charge is -2.40. The van der Waals surface area contributed by atoms with Crippen molar-refractivity contribution in [3.8, 4) is 0 Å². The summed E-state index contributed by atoms with van der Waals surface area (Å²) in [6.45, 7) is 11.3. The minimum absolute atomic E-state index is 0.0459. The van der Waals surface area contributed by atoms with E-state index in [4.69, 9.17) is 14.2 Å². The number of morpholine rings is 1. The third-order valence-corrected chi connectivity index (χ3v) is 11.1. The number of likely N-dealkylation sites (tertiary alicyclic amines) is 1. The first-order chi connectivity index (χ1) is 25.8. The third-order valence-electron chi connectivity index (χ3n) is 11.1. The molecule has 4 heterocycles. The molecule has 12 heteroatoms. The van der Waals surface area contributed by atoms with Crippen molar-refractivity contribution in [2.75, 3.05) is 59.1 Å². The van der Waals surface area contributed by atoms with Crippen molar-refractivity contribution >= 4 is 23.7 Å². The van der Waals surface area contributed by atoms with E-state index in [0.717, 1.165) is 18.7 Å². The number of fused-ring (bicyclic) bond motifs is 1. The predicted molar refractivity (Wildman–Crippen MR) is 197 cm³/mol. The second kappa shape index (κ2) is 17.6. The molecule has 0 saturated carbocycles. The Morgan fingerprint density at radius 3 is 2.45 bits per heavy atom. The zero-order valence-corrected chi connectivity index (χ0v) is 30.4. The molecule has 53 heavy (non-hydrogen) atoms. The third kappa shape index (κ3) is 8.26. The van der Waals surface area contributed by atoms with Gasteiger partial charge in [0, 0.05) is 39.1 Å². The Kier molecular flexibility index (Phi) is 12.8. The number of nitrogens with zero attached hydrogens (tertiary/aromatic N) is 3. The minimum Gasteiger partial charge on any atom is -0.455 e. The van der Waals surface area contributed by atoms with Gasteiger partial charge < -0.3 is 34.4 Å². The average molecular weight is 729 g/mol. The summed E-state index contributed by atoms with van der Waals surface area (Å²) in [6, 6.07) is 16.9. The van der Waals surface area contributed by atoms with Crippen LogP contribution < -0.4 is 5.32 Å². The van der Waals surface area contributed by atoms with Crippen LogP contribution in [0.2, 0.25) is 0 Å². The van der Waals surface area contributed by atoms with Crippen LogP contribution in [0.4, 0.5) is 0 Å². The number of rotatable bonds is 18. The molecular formula is C41H52N4O8. The number of allylic oxidation sites excluding steroid dienone is 1. The number of hydrogen-bond donors (Lipinski definition) is 2. The SMILES string of the molecule is C=CCCC(=O)NC[C@H](OC(=O)[C@@H]1[C@@H]2CC[C@]3(O2)[C@H](C(=O)N(CC=C)CCN2CCOCC2)N([C@@H](CO)Cc2ccccc2)C(=O)[C@@H]13)c1ccccc1. The first-order valence-corrected chi connectivity index (χ1v) is 18.8. The molecule has 4 fully saturated rings. The molecule has 2 N–H and O–H groups in total. The van der Waals surface area contributed by atoms with E-state index in [1.807, 2.05) is 60.7 Å². The summed E-state index contributed by atoms with van der Waals surface area (Å²) in [5.74, 6) is -3.47. The lowest BCUT2D eigenvalue weighted by Crippen LogP contribution is -2.59. The number of carbonyl (C=O) groups excluding carboxylic acids is 4. The monoisotopic (exact) mass is 728 g/mol. The van der Waals surface area contributed by atoms with Crippen LogP contribution >= 0.6 is 0 Å². The van der Waals surface area contributed by atoms with E-state index < -0.39 is 53.6 Å². The number of hydrogen-bond acceptors (Lipinski definition) is 9. The van der Waals surface area contributed by atoms with E-state index in [9.17, 15) is 24.3 Å². The molecule has 4 aliphatic heterocycles. The topological polar surface area (TPSA) is 138 Å². The Morgan fingerprint density at radius 2 is 1.77 bits per heavy atom. The van der Waals surface area contributed by atoms with Gasteiger partial charge in [-0.1, -0.05) is 72.8 Å². The molecule has 3 amide bonds. The summed E-state index contributed by atoms with van der Waals surface area (Å²) in [5, 5.41) is 13.7. The van der Waals surface area contributed by atoms with Crippen molar-refractivity contribution < 1.29 is 38.5 Å². The largest absolute Gasteiger partial charge is 0.455 e. The van der Waals surface area contributed by atoms with Gasteiger partial charge in [0.1, 0.15) is 17.7 Å². The van der Waals surface area contributed by atoms with Crippen molar-refractivity contribution in [2.45, 2.75) is 62.0 Å². The Balaban J connectivity index is 1.31. The maximum Gasteiger partial charge on any atom is 0.313 e. The molecule has 6 rings (SSSR count). The van der Waals surface area contributed by atoms with Gasteiger partial charge in [-0.3, -0.25) is 24.1 Å². The summed E-state index contributed by atoms with van der Waals surface area (Å²) in [4.78, 5) is 62.2. The first kappa shape index (κ1) is 38.4. The molecule has 0 unspecified atom stereocenters. The molecule has 284 valence electrons. The molecule has 4 aliphatic rings. The standard InChI is InChI=1S/C41H52N4O8/c1-3-5-16-34(47)42-27-33(30-14-10-7-11-15-30)52-40(50)35-32-17-18-41(53-32)36(35)38(48)45(31(28-46)26-29-12-8-6-9-13-29)37(41)39(49)44(19-4-2)21-20-43-22-24-51-25-23-43/h3-4,6-15,31-33,35-37,46H,1-2,5,16-28H2,(H,42,47)/t31-,32+,33+,35-,36-,37+,41-/m1/s1. The van der Waals surface area contributed by atoms with Crippen LogP contribution in [0.1, 0.15) is 42.9 Å². The molecule has 2 aromatic rings. The van der Waals surface area contributed by atoms with Crippen LogP contribution in [0.3, 0.4) is 0 Å². The summed E-state index contributed by atoms with van der Waals surface area (Å²) in [5.41, 5.74) is 0.309. The Morgan fingerprint density at radius 1 is 1.06 bits per heavy atom. The number of nitrogens with one attached hydrogen (secondary N) is 1. The number of carbonyl (C=O) groups is 4. The van der Waals surface area contributed by atoms with E-state index >= 15 is 0 Å². The molecular weight excluding hydrogens is 676 g/mol. The van der Waals surface area contributed by atoms with Crippen LogP contribution in [0, 0.1) is 11.8 Å². The van der Waals surface area contributed by atoms with Gasteiger partial charge in [-0.2, -0.15) is 0 Å². The van der Waals surface area contributed by atoms with Gasteiger partial charge in [-0.15, -0.1) is 13.2 Å². The van der Waals surface area contributed by atoms with E-state index in [1.54, 1.807) is 17.1 Å². The molecule has 2 aromatic carbocycles. The number of esters is 1. The molecule has 0 aliphatic carbocycles. The number of aliphatic hydroxyl groups is 1. The quantitative estimate of drug-likeness (QED) is 0.175. The van der Waals surface area contributed by atoms with Crippen molar-refractivity contribution in [1.82, 2.24) is 20.0 Å². The fourth-order valence-corrected chi connectivity index (χ4v) is 8.52. The van der Waals surface area contributed by atoms with E-state index in [2.05, 4.69) is 23.4 Å². The van der Waals surface area contributed by atoms with Crippen LogP contribution in [0.5, 0.6) is 0 Å². The minimum atomic E-state index is -1.29. The molecule has 7 atom stereocenters. The van der Waals surface area contributed by atoms with Crippen molar-refractivity contribution in [3.05, 3.63) is 97.1 Å². The highest BCUT2D eigenvalue weighted by Crippen LogP contribution is 2.59. The van der Waals surface area contributed by atoms with Gasteiger partial charge in [-0.25, -0.2) is 0 Å². The van der Waals surface area contributed by atoms with Crippen LogP contribution in [0.15, 0.2) is 86.0 Å². The van der Waals surface area contributed by atoms with Crippen LogP contribution in [-0.4, -0.2) is 126 Å². The average Bonchev–Trinajstić information content (AvgIpc) is 3.84. The Hall–Kier alpha value is -4.36.